The van der Waals surface area contributed by atoms with Crippen LogP contribution in [-0.2, 0) is 9.84 Å². The molecule has 2 unspecified atom stereocenters. The van der Waals surface area contributed by atoms with Gasteiger partial charge in [0, 0.05) is 27.6 Å². The number of benzene rings is 1. The Morgan fingerprint density at radius 1 is 1.14 bits per heavy atom. The third-order valence-corrected chi connectivity index (χ3v) is 8.20. The van der Waals surface area contributed by atoms with Crippen LogP contribution in [0.4, 0.5) is 0 Å². The molecule has 1 aromatic heterocycles. The number of hydrogen-bond donors (Lipinski definition) is 1. The summed E-state index contributed by atoms with van der Waals surface area (Å²) in [5, 5.41) is 3.04. The van der Waals surface area contributed by atoms with Gasteiger partial charge in [-0.3, -0.25) is 9.69 Å². The number of halogens is 1. The Hall–Kier alpha value is -1.64. The van der Waals surface area contributed by atoms with E-state index in [2.05, 4.69) is 26.1 Å². The smallest absolute Gasteiger partial charge is 0.253 e. The van der Waals surface area contributed by atoms with Crippen molar-refractivity contribution in [2.45, 2.75) is 38.8 Å². The first-order valence-corrected chi connectivity index (χ1v) is 12.6. The lowest BCUT2D eigenvalue weighted by atomic mass is 10.1. The van der Waals surface area contributed by atoms with Gasteiger partial charge in [-0.1, -0.05) is 22.0 Å². The molecule has 1 aromatic carbocycles. The van der Waals surface area contributed by atoms with Crippen LogP contribution in [0.5, 0.6) is 0 Å². The quantitative estimate of drug-likeness (QED) is 0.731. The van der Waals surface area contributed by atoms with Gasteiger partial charge in [0.2, 0.25) is 0 Å². The number of aryl methyl sites for hydroxylation is 1. The van der Waals surface area contributed by atoms with Crippen LogP contribution in [0.2, 0.25) is 0 Å². The highest BCUT2D eigenvalue weighted by molar-refractivity contribution is 9.10. The van der Waals surface area contributed by atoms with E-state index < -0.39 is 9.84 Å². The van der Waals surface area contributed by atoms with E-state index in [9.17, 15) is 13.2 Å². The Bertz CT molecular complexity index is 1040. The van der Waals surface area contributed by atoms with Gasteiger partial charge in [-0.2, -0.15) is 0 Å². The zero-order chi connectivity index (χ0) is 20.8. The van der Waals surface area contributed by atoms with Crippen molar-refractivity contribution in [1.29, 1.82) is 0 Å². The summed E-state index contributed by atoms with van der Waals surface area (Å²) >= 11 is 3.50. The molecule has 0 radical (unpaired) electrons. The van der Waals surface area contributed by atoms with Gasteiger partial charge in [0.25, 0.3) is 5.91 Å². The molecule has 3 heterocycles. The van der Waals surface area contributed by atoms with Gasteiger partial charge in [-0.25, -0.2) is 8.42 Å². The highest BCUT2D eigenvalue weighted by Crippen LogP contribution is 2.25. The summed E-state index contributed by atoms with van der Waals surface area (Å²) in [6.07, 6.45) is 2.18. The molecule has 156 valence electrons. The van der Waals surface area contributed by atoms with Crippen molar-refractivity contribution >= 4 is 31.7 Å². The predicted octanol–water partition coefficient (Wildman–Crippen LogP) is 2.85. The molecule has 1 N–H and O–H groups in total. The summed E-state index contributed by atoms with van der Waals surface area (Å²) in [6.45, 7) is 5.71. The van der Waals surface area contributed by atoms with E-state index in [1.807, 2.05) is 48.7 Å². The number of aromatic nitrogens is 1. The van der Waals surface area contributed by atoms with Crippen molar-refractivity contribution in [2.24, 2.45) is 0 Å². The number of carbonyl (C=O) groups excluding carboxylic acids is 1. The fourth-order valence-electron chi connectivity index (χ4n) is 4.65. The third-order valence-electron chi connectivity index (χ3n) is 5.99. The maximum Gasteiger partial charge on any atom is 0.253 e. The fourth-order valence-corrected chi connectivity index (χ4v) is 6.99. The zero-order valence-corrected chi connectivity index (χ0v) is 19.1. The zero-order valence-electron chi connectivity index (χ0n) is 16.7. The maximum absolute atomic E-state index is 13.1. The van der Waals surface area contributed by atoms with Crippen molar-refractivity contribution in [1.82, 2.24) is 14.8 Å². The van der Waals surface area contributed by atoms with E-state index in [4.69, 9.17) is 0 Å². The SMILES string of the molecule is Cc1cc(C(=O)NC2CS(=O)(=O)CC2N2CCCC2)c(C)n1-c1cccc(Br)c1. The number of nitrogens with one attached hydrogen (secondary N) is 1. The Balaban J connectivity index is 1.59. The van der Waals surface area contributed by atoms with Gasteiger partial charge < -0.3 is 9.88 Å². The van der Waals surface area contributed by atoms with E-state index in [0.29, 0.717) is 5.56 Å². The molecule has 2 aliphatic heterocycles. The van der Waals surface area contributed by atoms with E-state index >= 15 is 0 Å². The van der Waals surface area contributed by atoms with E-state index in [1.54, 1.807) is 0 Å². The molecule has 4 rings (SSSR count). The number of amides is 1. The first kappa shape index (κ1) is 20.6. The lowest BCUT2D eigenvalue weighted by Gasteiger charge is -2.28. The average molecular weight is 480 g/mol. The number of likely N-dealkylation sites (tertiary alicyclic amines) is 1. The van der Waals surface area contributed by atoms with Crippen LogP contribution >= 0.6 is 15.9 Å². The molecular formula is C21H26BrN3O3S. The Labute approximate surface area is 180 Å². The summed E-state index contributed by atoms with van der Waals surface area (Å²) in [6, 6.07) is 9.32. The minimum atomic E-state index is -3.14. The average Bonchev–Trinajstić information content (AvgIpc) is 3.33. The molecular weight excluding hydrogens is 454 g/mol. The van der Waals surface area contributed by atoms with Gasteiger partial charge in [0.15, 0.2) is 9.84 Å². The second-order valence-corrected chi connectivity index (χ2v) is 11.1. The summed E-state index contributed by atoms with van der Waals surface area (Å²) in [4.78, 5) is 15.3. The third kappa shape index (κ3) is 4.15. The number of nitrogens with zero attached hydrogens (tertiary/aromatic N) is 2. The molecule has 2 aliphatic rings. The second kappa shape index (κ2) is 7.89. The van der Waals surface area contributed by atoms with Crippen molar-refractivity contribution in [2.75, 3.05) is 24.6 Å². The molecule has 0 bridgehead atoms. The first-order chi connectivity index (χ1) is 13.7. The van der Waals surface area contributed by atoms with Gasteiger partial charge in [-0.15, -0.1) is 0 Å². The largest absolute Gasteiger partial charge is 0.347 e. The van der Waals surface area contributed by atoms with Gasteiger partial charge in [0.1, 0.15) is 0 Å². The topological polar surface area (TPSA) is 71.4 Å². The number of sulfone groups is 1. The number of rotatable bonds is 4. The molecule has 2 fully saturated rings. The molecule has 2 atom stereocenters. The van der Waals surface area contributed by atoms with Crippen molar-refractivity contribution in [3.63, 3.8) is 0 Å². The Morgan fingerprint density at radius 3 is 2.55 bits per heavy atom. The van der Waals surface area contributed by atoms with Crippen molar-refractivity contribution < 1.29 is 13.2 Å². The molecule has 29 heavy (non-hydrogen) atoms. The lowest BCUT2D eigenvalue weighted by molar-refractivity contribution is 0.0918. The van der Waals surface area contributed by atoms with E-state index in [0.717, 1.165) is 47.5 Å². The van der Waals surface area contributed by atoms with Gasteiger partial charge in [-0.05, 0) is 64.0 Å². The van der Waals surface area contributed by atoms with Crippen LogP contribution in [0, 0.1) is 13.8 Å². The summed E-state index contributed by atoms with van der Waals surface area (Å²) in [5.74, 6) is -0.0510. The number of carbonyl (C=O) groups is 1. The highest BCUT2D eigenvalue weighted by Gasteiger charge is 2.42. The van der Waals surface area contributed by atoms with Crippen LogP contribution in [0.3, 0.4) is 0 Å². The van der Waals surface area contributed by atoms with Crippen LogP contribution in [0.25, 0.3) is 5.69 Å². The minimum Gasteiger partial charge on any atom is -0.347 e. The molecule has 2 saturated heterocycles. The van der Waals surface area contributed by atoms with Crippen molar-refractivity contribution in [3.05, 3.63) is 51.8 Å². The monoisotopic (exact) mass is 479 g/mol. The minimum absolute atomic E-state index is 0.0181. The number of hydrogen-bond acceptors (Lipinski definition) is 4. The second-order valence-electron chi connectivity index (χ2n) is 8.07. The molecule has 8 heteroatoms. The first-order valence-electron chi connectivity index (χ1n) is 9.95. The Kier molecular flexibility index (Phi) is 5.61. The Morgan fingerprint density at radius 2 is 1.86 bits per heavy atom. The molecule has 0 aliphatic carbocycles. The standard InChI is InChI=1S/C21H26BrN3O3S/c1-14-10-18(15(2)25(14)17-7-5-6-16(22)11-17)21(26)23-19-12-29(27,28)13-20(19)24-8-3-4-9-24/h5-7,10-11,19-20H,3-4,8-9,12-13H2,1-2H3,(H,23,26). The predicted molar refractivity (Wildman–Crippen MR) is 117 cm³/mol. The molecule has 2 aromatic rings. The van der Waals surface area contributed by atoms with Gasteiger partial charge >= 0.3 is 0 Å². The summed E-state index contributed by atoms with van der Waals surface area (Å²) in [7, 11) is -3.14. The van der Waals surface area contributed by atoms with Crippen molar-refractivity contribution in [3.8, 4) is 5.69 Å². The maximum atomic E-state index is 13.1. The van der Waals surface area contributed by atoms with Crippen LogP contribution in [-0.4, -0.2) is 60.5 Å². The molecule has 6 nitrogen and oxygen atoms in total. The lowest BCUT2D eigenvalue weighted by Crippen LogP contribution is -2.50. The fraction of sp³-hybridized carbons (Fsp3) is 0.476. The van der Waals surface area contributed by atoms with E-state index in [-0.39, 0.29) is 29.5 Å². The van der Waals surface area contributed by atoms with Crippen LogP contribution in [0.1, 0.15) is 34.6 Å². The normalized spacial score (nSPS) is 24.1. The van der Waals surface area contributed by atoms with E-state index in [1.165, 1.54) is 0 Å². The summed E-state index contributed by atoms with van der Waals surface area (Å²) < 4.78 is 27.6. The summed E-state index contributed by atoms with van der Waals surface area (Å²) in [5.41, 5.74) is 3.37. The van der Waals surface area contributed by atoms with Gasteiger partial charge in [0.05, 0.1) is 23.1 Å². The molecule has 1 amide bonds. The molecule has 0 spiro atoms. The van der Waals surface area contributed by atoms with Crippen LogP contribution < -0.4 is 5.32 Å². The highest BCUT2D eigenvalue weighted by atomic mass is 79.9. The molecule has 0 saturated carbocycles. The van der Waals surface area contributed by atoms with Crippen LogP contribution in [0.15, 0.2) is 34.8 Å².